The van der Waals surface area contributed by atoms with Crippen LogP contribution in [0.5, 0.6) is 0 Å². The Kier molecular flexibility index (Phi) is 5.02. The molecule has 1 amide bonds. The minimum atomic E-state index is -4.30. The van der Waals surface area contributed by atoms with Gasteiger partial charge < -0.3 is 10.2 Å². The summed E-state index contributed by atoms with van der Waals surface area (Å²) in [6, 6.07) is 0. The third kappa shape index (κ3) is 6.31. The monoisotopic (exact) mass is 208 g/mol. The average molecular weight is 208 g/mol. The van der Waals surface area contributed by atoms with Crippen molar-refractivity contribution in [3.63, 3.8) is 0 Å². The predicted molar refractivity (Wildman–Crippen MR) is 45.4 cm³/mol. The van der Waals surface area contributed by atoms with E-state index < -0.39 is 18.6 Å². The molecule has 0 saturated carbocycles. The van der Waals surface area contributed by atoms with E-state index in [1.165, 1.54) is 11.9 Å². The summed E-state index contributed by atoms with van der Waals surface area (Å²) in [5.74, 6) is 1.74. The van der Waals surface area contributed by atoms with E-state index >= 15 is 0 Å². The molecule has 0 spiro atoms. The van der Waals surface area contributed by atoms with Crippen LogP contribution in [0.1, 0.15) is 0 Å². The van der Waals surface area contributed by atoms with Crippen molar-refractivity contribution in [2.24, 2.45) is 0 Å². The maximum Gasteiger partial charge on any atom is 0.401 e. The summed E-state index contributed by atoms with van der Waals surface area (Å²) in [6.45, 7) is -1.45. The van der Waals surface area contributed by atoms with Gasteiger partial charge in [-0.15, -0.1) is 6.42 Å². The number of carbonyl (C=O) groups excluding carboxylic acids is 1. The minimum absolute atomic E-state index is 0.0898. The third-order valence-corrected chi connectivity index (χ3v) is 1.36. The number of amides is 1. The number of hydrogen-bond acceptors (Lipinski definition) is 2. The van der Waals surface area contributed by atoms with Crippen LogP contribution in [0.3, 0.4) is 0 Å². The minimum Gasteiger partial charge on any atom is -0.334 e. The van der Waals surface area contributed by atoms with Gasteiger partial charge in [-0.25, -0.2) is 0 Å². The first kappa shape index (κ1) is 12.8. The number of halogens is 3. The van der Waals surface area contributed by atoms with Crippen molar-refractivity contribution in [1.82, 2.24) is 10.2 Å². The van der Waals surface area contributed by atoms with Gasteiger partial charge in [-0.05, 0) is 0 Å². The van der Waals surface area contributed by atoms with Crippen molar-refractivity contribution in [2.45, 2.75) is 6.18 Å². The molecule has 80 valence electrons. The van der Waals surface area contributed by atoms with Crippen LogP contribution in [0, 0.1) is 12.3 Å². The van der Waals surface area contributed by atoms with Gasteiger partial charge in [-0.2, -0.15) is 13.2 Å². The zero-order valence-electron chi connectivity index (χ0n) is 7.69. The highest BCUT2D eigenvalue weighted by molar-refractivity contribution is 5.78. The molecule has 0 aliphatic heterocycles. The van der Waals surface area contributed by atoms with Crippen molar-refractivity contribution in [2.75, 3.05) is 26.7 Å². The van der Waals surface area contributed by atoms with Crippen LogP contribution < -0.4 is 5.32 Å². The molecule has 0 unspecified atom stereocenters. The molecule has 0 aliphatic rings. The molecular formula is C8H11F3N2O. The fourth-order valence-electron chi connectivity index (χ4n) is 0.671. The maximum atomic E-state index is 11.6. The average Bonchev–Trinajstić information content (AvgIpc) is 2.02. The summed E-state index contributed by atoms with van der Waals surface area (Å²) >= 11 is 0. The molecule has 0 atom stereocenters. The first-order valence-corrected chi connectivity index (χ1v) is 3.81. The Hall–Kier alpha value is -1.22. The standard InChI is InChI=1S/C8H11F3N2O/c1-3-4-13(2)7(14)5-12-6-8(9,10)11/h1,12H,4-6H2,2H3. The largest absolute Gasteiger partial charge is 0.401 e. The highest BCUT2D eigenvalue weighted by Crippen LogP contribution is 2.11. The second-order valence-corrected chi connectivity index (χ2v) is 2.67. The molecule has 0 heterocycles. The van der Waals surface area contributed by atoms with E-state index in [0.29, 0.717) is 0 Å². The Labute approximate surface area is 80.3 Å². The highest BCUT2D eigenvalue weighted by Gasteiger charge is 2.26. The SMILES string of the molecule is C#CCN(C)C(=O)CNCC(F)(F)F. The quantitative estimate of drug-likeness (QED) is 0.671. The topological polar surface area (TPSA) is 32.3 Å². The summed E-state index contributed by atoms with van der Waals surface area (Å²) in [5, 5.41) is 1.98. The lowest BCUT2D eigenvalue weighted by Crippen LogP contribution is -2.39. The van der Waals surface area contributed by atoms with Crippen LogP contribution in [0.4, 0.5) is 13.2 Å². The Morgan fingerprint density at radius 1 is 1.57 bits per heavy atom. The van der Waals surface area contributed by atoms with Gasteiger partial charge >= 0.3 is 6.18 Å². The van der Waals surface area contributed by atoms with Gasteiger partial charge in [-0.3, -0.25) is 4.79 Å². The summed E-state index contributed by atoms with van der Waals surface area (Å²) in [7, 11) is 1.43. The van der Waals surface area contributed by atoms with Gasteiger partial charge in [0.15, 0.2) is 0 Å². The number of carbonyl (C=O) groups is 1. The molecule has 6 heteroatoms. The molecule has 0 radical (unpaired) electrons. The summed E-state index contributed by atoms with van der Waals surface area (Å²) in [5.41, 5.74) is 0. The number of alkyl halides is 3. The Bertz CT molecular complexity index is 232. The Morgan fingerprint density at radius 2 is 2.14 bits per heavy atom. The number of nitrogens with one attached hydrogen (secondary N) is 1. The molecule has 1 N–H and O–H groups in total. The molecule has 0 fully saturated rings. The molecule has 0 aromatic heterocycles. The van der Waals surface area contributed by atoms with Gasteiger partial charge in [0.05, 0.1) is 19.6 Å². The van der Waals surface area contributed by atoms with Gasteiger partial charge in [-0.1, -0.05) is 5.92 Å². The van der Waals surface area contributed by atoms with Crippen molar-refractivity contribution in [1.29, 1.82) is 0 Å². The molecule has 0 saturated heterocycles. The Balaban J connectivity index is 3.71. The van der Waals surface area contributed by atoms with Crippen LogP contribution in [-0.2, 0) is 4.79 Å². The zero-order valence-corrected chi connectivity index (χ0v) is 7.69. The fourth-order valence-corrected chi connectivity index (χ4v) is 0.671. The molecule has 3 nitrogen and oxygen atoms in total. The van der Waals surface area contributed by atoms with E-state index in [4.69, 9.17) is 6.42 Å². The highest BCUT2D eigenvalue weighted by atomic mass is 19.4. The second-order valence-electron chi connectivity index (χ2n) is 2.67. The van der Waals surface area contributed by atoms with E-state index in [1.807, 2.05) is 5.32 Å². The van der Waals surface area contributed by atoms with E-state index in [1.54, 1.807) is 0 Å². The number of likely N-dealkylation sites (N-methyl/N-ethyl adjacent to an activating group) is 1. The van der Waals surface area contributed by atoms with E-state index in [-0.39, 0.29) is 13.1 Å². The summed E-state index contributed by atoms with van der Waals surface area (Å²) in [4.78, 5) is 12.2. The van der Waals surface area contributed by atoms with Crippen LogP contribution in [0.2, 0.25) is 0 Å². The number of rotatable bonds is 4. The van der Waals surface area contributed by atoms with Crippen LogP contribution >= 0.6 is 0 Å². The van der Waals surface area contributed by atoms with Crippen LogP contribution in [0.15, 0.2) is 0 Å². The first-order chi connectivity index (χ1) is 6.37. The van der Waals surface area contributed by atoms with E-state index in [0.717, 1.165) is 0 Å². The third-order valence-electron chi connectivity index (χ3n) is 1.36. The summed E-state index contributed by atoms with van der Waals surface area (Å²) in [6.07, 6.45) is 0.620. The molecule has 0 bridgehead atoms. The molecule has 0 aromatic carbocycles. The van der Waals surface area contributed by atoms with Crippen LogP contribution in [0.25, 0.3) is 0 Å². The second kappa shape index (κ2) is 5.50. The predicted octanol–water partition coefficient (Wildman–Crippen LogP) is 0.230. The van der Waals surface area contributed by atoms with Crippen LogP contribution in [-0.4, -0.2) is 43.7 Å². The van der Waals surface area contributed by atoms with Crippen molar-refractivity contribution >= 4 is 5.91 Å². The van der Waals surface area contributed by atoms with Gasteiger partial charge in [0.2, 0.25) is 5.91 Å². The first-order valence-electron chi connectivity index (χ1n) is 3.81. The zero-order chi connectivity index (χ0) is 11.2. The number of hydrogen-bond donors (Lipinski definition) is 1. The smallest absolute Gasteiger partial charge is 0.334 e. The lowest BCUT2D eigenvalue weighted by Gasteiger charge is -2.14. The van der Waals surface area contributed by atoms with E-state index in [2.05, 4.69) is 5.92 Å². The Morgan fingerprint density at radius 3 is 2.57 bits per heavy atom. The van der Waals surface area contributed by atoms with Crippen molar-refractivity contribution in [3.8, 4) is 12.3 Å². The van der Waals surface area contributed by atoms with Crippen molar-refractivity contribution in [3.05, 3.63) is 0 Å². The molecule has 14 heavy (non-hydrogen) atoms. The maximum absolute atomic E-state index is 11.6. The van der Waals surface area contributed by atoms with Gasteiger partial charge in [0.25, 0.3) is 0 Å². The summed E-state index contributed by atoms with van der Waals surface area (Å²) < 4.78 is 34.9. The normalized spacial score (nSPS) is 10.8. The molecule has 0 rings (SSSR count). The number of nitrogens with zero attached hydrogens (tertiary/aromatic N) is 1. The lowest BCUT2D eigenvalue weighted by atomic mass is 10.4. The molecule has 0 aromatic rings. The molecule has 0 aliphatic carbocycles. The van der Waals surface area contributed by atoms with Gasteiger partial charge in [0.1, 0.15) is 0 Å². The van der Waals surface area contributed by atoms with Gasteiger partial charge in [0, 0.05) is 7.05 Å². The van der Waals surface area contributed by atoms with E-state index in [9.17, 15) is 18.0 Å². The number of terminal acetylenes is 1. The van der Waals surface area contributed by atoms with Crippen molar-refractivity contribution < 1.29 is 18.0 Å². The lowest BCUT2D eigenvalue weighted by molar-refractivity contribution is -0.132. The molecular weight excluding hydrogens is 197 g/mol. The fraction of sp³-hybridized carbons (Fsp3) is 0.625.